The predicted octanol–water partition coefficient (Wildman–Crippen LogP) is 4.03. The molecule has 0 unspecified atom stereocenters. The Labute approximate surface area is 121 Å². The van der Waals surface area contributed by atoms with Gasteiger partial charge in [-0.05, 0) is 24.3 Å². The van der Waals surface area contributed by atoms with Gasteiger partial charge < -0.3 is 9.47 Å². The molecular formula is C14H13N3O4. The van der Waals surface area contributed by atoms with Crippen LogP contribution < -0.4 is 9.47 Å². The molecule has 0 radical (unpaired) electrons. The molecule has 0 N–H and O–H groups in total. The number of ether oxygens (including phenoxy) is 2. The van der Waals surface area contributed by atoms with E-state index < -0.39 is 4.92 Å². The van der Waals surface area contributed by atoms with Crippen molar-refractivity contribution < 1.29 is 14.4 Å². The van der Waals surface area contributed by atoms with E-state index in [1.54, 1.807) is 25.3 Å². The van der Waals surface area contributed by atoms with Gasteiger partial charge in [0.25, 0.3) is 5.69 Å². The zero-order valence-electron chi connectivity index (χ0n) is 11.5. The summed E-state index contributed by atoms with van der Waals surface area (Å²) >= 11 is 0. The molecule has 0 saturated carbocycles. The van der Waals surface area contributed by atoms with Crippen LogP contribution in [-0.4, -0.2) is 19.1 Å². The van der Waals surface area contributed by atoms with Gasteiger partial charge in [-0.1, -0.05) is 0 Å². The standard InChI is InChI=1S/C14H13N3O4/c1-20-12-7-8-14(21-2)13(9-12)16-15-10-3-5-11(6-4-10)17(18)19/h3-9H,1-2H3. The van der Waals surface area contributed by atoms with Crippen LogP contribution in [0.5, 0.6) is 11.5 Å². The van der Waals surface area contributed by atoms with E-state index in [-0.39, 0.29) is 5.69 Å². The lowest BCUT2D eigenvalue weighted by Gasteiger charge is -2.05. The van der Waals surface area contributed by atoms with Crippen molar-refractivity contribution in [1.82, 2.24) is 0 Å². The molecule has 2 aromatic carbocycles. The Hall–Kier alpha value is -2.96. The second kappa shape index (κ2) is 6.47. The summed E-state index contributed by atoms with van der Waals surface area (Å²) in [6, 6.07) is 11.0. The molecule has 0 spiro atoms. The second-order valence-electron chi connectivity index (χ2n) is 4.01. The number of non-ortho nitro benzene ring substituents is 1. The van der Waals surface area contributed by atoms with Crippen LogP contribution in [0.15, 0.2) is 52.7 Å². The third-order valence-electron chi connectivity index (χ3n) is 2.72. The number of nitro groups is 1. The first-order valence-electron chi connectivity index (χ1n) is 6.02. The van der Waals surface area contributed by atoms with Gasteiger partial charge in [0.1, 0.15) is 17.2 Å². The van der Waals surface area contributed by atoms with E-state index in [0.29, 0.717) is 22.9 Å². The van der Waals surface area contributed by atoms with Crippen LogP contribution in [0.2, 0.25) is 0 Å². The molecule has 7 heteroatoms. The van der Waals surface area contributed by atoms with E-state index in [2.05, 4.69) is 10.2 Å². The Bertz CT molecular complexity index is 668. The number of methoxy groups -OCH3 is 2. The molecule has 0 heterocycles. The maximum atomic E-state index is 10.6. The third kappa shape index (κ3) is 3.53. The molecule has 0 aliphatic carbocycles. The van der Waals surface area contributed by atoms with E-state index in [4.69, 9.17) is 9.47 Å². The maximum absolute atomic E-state index is 10.6. The molecule has 0 bridgehead atoms. The highest BCUT2D eigenvalue weighted by Gasteiger charge is 2.05. The van der Waals surface area contributed by atoms with Crippen molar-refractivity contribution in [2.45, 2.75) is 0 Å². The van der Waals surface area contributed by atoms with Gasteiger partial charge in [-0.15, -0.1) is 5.11 Å². The highest BCUT2D eigenvalue weighted by Crippen LogP contribution is 2.32. The lowest BCUT2D eigenvalue weighted by molar-refractivity contribution is -0.384. The summed E-state index contributed by atoms with van der Waals surface area (Å²) in [5, 5.41) is 18.7. The quantitative estimate of drug-likeness (QED) is 0.472. The molecule has 0 atom stereocenters. The fourth-order valence-corrected chi connectivity index (χ4v) is 1.63. The molecule has 7 nitrogen and oxygen atoms in total. The van der Waals surface area contributed by atoms with Gasteiger partial charge in [0.2, 0.25) is 0 Å². The molecule has 21 heavy (non-hydrogen) atoms. The lowest BCUT2D eigenvalue weighted by atomic mass is 10.3. The molecule has 2 aromatic rings. The molecule has 0 saturated heterocycles. The first kappa shape index (κ1) is 14.4. The van der Waals surface area contributed by atoms with Crippen molar-refractivity contribution in [3.8, 4) is 11.5 Å². The average Bonchev–Trinajstić information content (AvgIpc) is 2.52. The number of nitro benzene ring substituents is 1. The molecular weight excluding hydrogens is 274 g/mol. The summed E-state index contributed by atoms with van der Waals surface area (Å²) in [5.41, 5.74) is 1.02. The molecule has 0 fully saturated rings. The number of rotatable bonds is 5. The third-order valence-corrected chi connectivity index (χ3v) is 2.72. The van der Waals surface area contributed by atoms with Gasteiger partial charge in [0, 0.05) is 18.2 Å². The van der Waals surface area contributed by atoms with Crippen LogP contribution in [0.4, 0.5) is 17.1 Å². The van der Waals surface area contributed by atoms with E-state index in [9.17, 15) is 10.1 Å². The van der Waals surface area contributed by atoms with E-state index in [1.807, 2.05) is 0 Å². The van der Waals surface area contributed by atoms with Crippen molar-refractivity contribution in [2.24, 2.45) is 10.2 Å². The van der Waals surface area contributed by atoms with Gasteiger partial charge in [0.15, 0.2) is 0 Å². The number of benzene rings is 2. The molecule has 0 aliphatic rings. The second-order valence-corrected chi connectivity index (χ2v) is 4.01. The van der Waals surface area contributed by atoms with Crippen molar-refractivity contribution in [2.75, 3.05) is 14.2 Å². The van der Waals surface area contributed by atoms with Gasteiger partial charge in [0.05, 0.1) is 24.8 Å². The largest absolute Gasteiger partial charge is 0.497 e. The Morgan fingerprint density at radius 2 is 1.71 bits per heavy atom. The number of hydrogen-bond acceptors (Lipinski definition) is 6. The molecule has 2 rings (SSSR count). The Balaban J connectivity index is 2.25. The summed E-state index contributed by atoms with van der Waals surface area (Å²) < 4.78 is 10.3. The topological polar surface area (TPSA) is 86.3 Å². The maximum Gasteiger partial charge on any atom is 0.269 e. The Kier molecular flexibility index (Phi) is 4.45. The van der Waals surface area contributed by atoms with Crippen molar-refractivity contribution in [3.05, 3.63) is 52.6 Å². The smallest absolute Gasteiger partial charge is 0.269 e. The average molecular weight is 287 g/mol. The fraction of sp³-hybridized carbons (Fsp3) is 0.143. The Morgan fingerprint density at radius 3 is 2.29 bits per heavy atom. The first-order chi connectivity index (χ1) is 10.1. The highest BCUT2D eigenvalue weighted by molar-refractivity contribution is 5.55. The lowest BCUT2D eigenvalue weighted by Crippen LogP contribution is -1.86. The summed E-state index contributed by atoms with van der Waals surface area (Å²) in [7, 11) is 3.09. The predicted molar refractivity (Wildman–Crippen MR) is 76.8 cm³/mol. The summed E-state index contributed by atoms with van der Waals surface area (Å²) in [6.45, 7) is 0. The van der Waals surface area contributed by atoms with Gasteiger partial charge in [-0.2, -0.15) is 5.11 Å². The van der Waals surface area contributed by atoms with Crippen LogP contribution in [0, 0.1) is 10.1 Å². The molecule has 0 aliphatic heterocycles. The van der Waals surface area contributed by atoms with Gasteiger partial charge >= 0.3 is 0 Å². The van der Waals surface area contributed by atoms with E-state index in [1.165, 1.54) is 31.4 Å². The van der Waals surface area contributed by atoms with Crippen LogP contribution >= 0.6 is 0 Å². The molecule has 0 amide bonds. The normalized spacial score (nSPS) is 10.6. The van der Waals surface area contributed by atoms with Crippen LogP contribution in [0.3, 0.4) is 0 Å². The van der Waals surface area contributed by atoms with Crippen molar-refractivity contribution in [1.29, 1.82) is 0 Å². The van der Waals surface area contributed by atoms with Gasteiger partial charge in [-0.3, -0.25) is 10.1 Å². The number of azo groups is 1. The SMILES string of the molecule is COc1ccc(OC)c(N=Nc2ccc([N+](=O)[O-])cc2)c1. The zero-order chi connectivity index (χ0) is 15.2. The number of nitrogens with zero attached hydrogens (tertiary/aromatic N) is 3. The van der Waals surface area contributed by atoms with E-state index in [0.717, 1.165) is 0 Å². The fourth-order valence-electron chi connectivity index (χ4n) is 1.63. The van der Waals surface area contributed by atoms with Gasteiger partial charge in [-0.25, -0.2) is 0 Å². The zero-order valence-corrected chi connectivity index (χ0v) is 11.5. The highest BCUT2D eigenvalue weighted by atomic mass is 16.6. The van der Waals surface area contributed by atoms with Crippen molar-refractivity contribution in [3.63, 3.8) is 0 Å². The number of hydrogen-bond donors (Lipinski definition) is 0. The monoisotopic (exact) mass is 287 g/mol. The van der Waals surface area contributed by atoms with Crippen LogP contribution in [-0.2, 0) is 0 Å². The molecule has 108 valence electrons. The first-order valence-corrected chi connectivity index (χ1v) is 6.02. The summed E-state index contributed by atoms with van der Waals surface area (Å²) in [6.07, 6.45) is 0. The minimum absolute atomic E-state index is 0.00732. The minimum atomic E-state index is -0.466. The van der Waals surface area contributed by atoms with E-state index >= 15 is 0 Å². The van der Waals surface area contributed by atoms with Crippen molar-refractivity contribution >= 4 is 17.1 Å². The van der Waals surface area contributed by atoms with Crippen LogP contribution in [0.25, 0.3) is 0 Å². The Morgan fingerprint density at radius 1 is 1.00 bits per heavy atom. The summed E-state index contributed by atoms with van der Waals surface area (Å²) in [4.78, 5) is 10.1. The summed E-state index contributed by atoms with van der Waals surface area (Å²) in [5.74, 6) is 1.19. The minimum Gasteiger partial charge on any atom is -0.497 e. The van der Waals surface area contributed by atoms with Crippen LogP contribution in [0.1, 0.15) is 0 Å². The molecule has 0 aromatic heterocycles.